The van der Waals surface area contributed by atoms with Crippen LogP contribution in [0.3, 0.4) is 0 Å². The van der Waals surface area contributed by atoms with Crippen LogP contribution in [0.1, 0.15) is 46.0 Å². The number of unbranched alkanes of at least 4 members (excludes halogenated alkanes) is 3. The van der Waals surface area contributed by atoms with Crippen molar-refractivity contribution >= 4 is 0 Å². The van der Waals surface area contributed by atoms with E-state index < -0.39 is 0 Å². The fourth-order valence-corrected chi connectivity index (χ4v) is 1.04. The molecule has 0 aliphatic carbocycles. The summed E-state index contributed by atoms with van der Waals surface area (Å²) in [6.45, 7) is 4.03. The summed E-state index contributed by atoms with van der Waals surface area (Å²) in [6.07, 6.45) is 5.40. The number of aliphatic hydroxyl groups excluding tert-OH is 1. The van der Waals surface area contributed by atoms with Crippen molar-refractivity contribution in [1.82, 2.24) is 0 Å². The molecule has 0 rings (SSSR count). The molecule has 68 valence electrons. The molecule has 0 bridgehead atoms. The van der Waals surface area contributed by atoms with E-state index in [9.17, 15) is 5.11 Å². The van der Waals surface area contributed by atoms with Crippen LogP contribution in [0.2, 0.25) is 0 Å². The van der Waals surface area contributed by atoms with E-state index in [0.717, 1.165) is 12.8 Å². The van der Waals surface area contributed by atoms with Gasteiger partial charge in [-0.2, -0.15) is 0 Å². The molecule has 0 heterocycles. The smallest absolute Gasteiger partial charge is 0.0688 e. The molecule has 0 amide bonds. The number of hydrogen-bond donors (Lipinski definition) is 2. The van der Waals surface area contributed by atoms with Crippen LogP contribution in [0.25, 0.3) is 0 Å². The summed E-state index contributed by atoms with van der Waals surface area (Å²) in [5.41, 5.74) is 5.50. The summed E-state index contributed by atoms with van der Waals surface area (Å²) in [7, 11) is 0. The van der Waals surface area contributed by atoms with E-state index in [1.165, 1.54) is 19.3 Å². The van der Waals surface area contributed by atoms with Crippen molar-refractivity contribution in [3.05, 3.63) is 0 Å². The van der Waals surface area contributed by atoms with Gasteiger partial charge in [0.2, 0.25) is 0 Å². The predicted octanol–water partition coefficient (Wildman–Crippen LogP) is 1.66. The minimum atomic E-state index is -0.299. The van der Waals surface area contributed by atoms with E-state index >= 15 is 0 Å². The lowest BCUT2D eigenvalue weighted by Crippen LogP contribution is -2.31. The molecule has 0 aliphatic heterocycles. The molecule has 0 radical (unpaired) electrons. The minimum absolute atomic E-state index is 0.0726. The molecule has 3 N–H and O–H groups in total. The van der Waals surface area contributed by atoms with Crippen LogP contribution in [0.5, 0.6) is 0 Å². The zero-order valence-corrected chi connectivity index (χ0v) is 7.71. The molecule has 0 saturated carbocycles. The van der Waals surface area contributed by atoms with Gasteiger partial charge in [0.15, 0.2) is 0 Å². The molecular weight excluding hydrogens is 138 g/mol. The van der Waals surface area contributed by atoms with Gasteiger partial charge in [-0.3, -0.25) is 0 Å². The first-order chi connectivity index (χ1) is 5.18. The summed E-state index contributed by atoms with van der Waals surface area (Å²) in [5, 5.41) is 9.30. The zero-order valence-electron chi connectivity index (χ0n) is 7.71. The number of nitrogens with two attached hydrogens (primary N) is 1. The maximum Gasteiger partial charge on any atom is 0.0688 e. The molecule has 0 spiro atoms. The van der Waals surface area contributed by atoms with Crippen molar-refractivity contribution in [3.63, 3.8) is 0 Å². The van der Waals surface area contributed by atoms with Gasteiger partial charge in [-0.25, -0.2) is 0 Å². The Hall–Kier alpha value is -0.0800. The molecule has 0 aromatic heterocycles. The molecule has 0 aliphatic rings. The first kappa shape index (κ1) is 10.9. The maximum absolute atomic E-state index is 9.30. The van der Waals surface area contributed by atoms with Gasteiger partial charge in [0.05, 0.1) is 6.10 Å². The Bertz CT molecular complexity index is 83.6. The number of aliphatic hydroxyl groups is 1. The van der Waals surface area contributed by atoms with Gasteiger partial charge < -0.3 is 10.8 Å². The van der Waals surface area contributed by atoms with Crippen LogP contribution in [0.4, 0.5) is 0 Å². The van der Waals surface area contributed by atoms with Crippen LogP contribution in [-0.4, -0.2) is 17.3 Å². The minimum Gasteiger partial charge on any atom is -0.392 e. The van der Waals surface area contributed by atoms with Gasteiger partial charge in [-0.1, -0.05) is 32.6 Å². The van der Waals surface area contributed by atoms with Crippen LogP contribution in [-0.2, 0) is 0 Å². The fraction of sp³-hybridized carbons (Fsp3) is 1.00. The molecular formula is C9H21NO. The molecule has 2 unspecified atom stereocenters. The third-order valence-corrected chi connectivity index (χ3v) is 1.96. The Balaban J connectivity index is 3.10. The van der Waals surface area contributed by atoms with E-state index in [2.05, 4.69) is 6.92 Å². The second-order valence-electron chi connectivity index (χ2n) is 3.28. The average Bonchev–Trinajstić information content (AvgIpc) is 1.97. The van der Waals surface area contributed by atoms with E-state index in [1.807, 2.05) is 6.92 Å². The third-order valence-electron chi connectivity index (χ3n) is 1.96. The van der Waals surface area contributed by atoms with Crippen molar-refractivity contribution in [2.24, 2.45) is 5.73 Å². The first-order valence-corrected chi connectivity index (χ1v) is 4.62. The Kier molecular flexibility index (Phi) is 6.57. The highest BCUT2D eigenvalue weighted by molar-refractivity contribution is 4.65. The van der Waals surface area contributed by atoms with Gasteiger partial charge in [0.25, 0.3) is 0 Å². The number of rotatable bonds is 6. The molecule has 0 aromatic rings. The van der Waals surface area contributed by atoms with E-state index in [-0.39, 0.29) is 12.1 Å². The Labute approximate surface area is 69.8 Å². The quantitative estimate of drug-likeness (QED) is 0.579. The van der Waals surface area contributed by atoms with Gasteiger partial charge in [0.1, 0.15) is 0 Å². The second-order valence-corrected chi connectivity index (χ2v) is 3.28. The zero-order chi connectivity index (χ0) is 8.69. The van der Waals surface area contributed by atoms with Gasteiger partial charge in [-0.15, -0.1) is 0 Å². The third kappa shape index (κ3) is 6.32. The Morgan fingerprint density at radius 2 is 1.91 bits per heavy atom. The van der Waals surface area contributed by atoms with E-state index in [0.29, 0.717) is 0 Å². The highest BCUT2D eigenvalue weighted by atomic mass is 16.3. The van der Waals surface area contributed by atoms with Crippen molar-refractivity contribution in [2.45, 2.75) is 58.1 Å². The highest BCUT2D eigenvalue weighted by Crippen LogP contribution is 2.06. The highest BCUT2D eigenvalue weighted by Gasteiger charge is 2.07. The van der Waals surface area contributed by atoms with Gasteiger partial charge in [0, 0.05) is 6.04 Å². The lowest BCUT2D eigenvalue weighted by atomic mass is 10.1. The summed E-state index contributed by atoms with van der Waals surface area (Å²) in [4.78, 5) is 0. The Morgan fingerprint density at radius 3 is 2.36 bits per heavy atom. The SMILES string of the molecule is CCCCCCC(O)C(C)N. The molecule has 11 heavy (non-hydrogen) atoms. The lowest BCUT2D eigenvalue weighted by molar-refractivity contribution is 0.138. The normalized spacial score (nSPS) is 16.4. The van der Waals surface area contributed by atoms with Crippen molar-refractivity contribution in [2.75, 3.05) is 0 Å². The first-order valence-electron chi connectivity index (χ1n) is 4.62. The summed E-state index contributed by atoms with van der Waals surface area (Å²) in [6, 6.07) is -0.0726. The van der Waals surface area contributed by atoms with Gasteiger partial charge >= 0.3 is 0 Å². The topological polar surface area (TPSA) is 46.2 Å². The van der Waals surface area contributed by atoms with Crippen LogP contribution in [0.15, 0.2) is 0 Å². The standard InChI is InChI=1S/C9H21NO/c1-3-4-5-6-7-9(11)8(2)10/h8-9,11H,3-7,10H2,1-2H3. The van der Waals surface area contributed by atoms with Gasteiger partial charge in [-0.05, 0) is 13.3 Å². The molecule has 0 saturated heterocycles. The molecule has 0 fully saturated rings. The average molecular weight is 159 g/mol. The molecule has 2 heteroatoms. The van der Waals surface area contributed by atoms with Crippen LogP contribution >= 0.6 is 0 Å². The Morgan fingerprint density at radius 1 is 1.27 bits per heavy atom. The summed E-state index contributed by atoms with van der Waals surface area (Å²) >= 11 is 0. The molecule has 0 aromatic carbocycles. The largest absolute Gasteiger partial charge is 0.392 e. The van der Waals surface area contributed by atoms with Crippen molar-refractivity contribution < 1.29 is 5.11 Å². The molecule has 2 atom stereocenters. The van der Waals surface area contributed by atoms with E-state index in [1.54, 1.807) is 0 Å². The van der Waals surface area contributed by atoms with Crippen LogP contribution < -0.4 is 5.73 Å². The van der Waals surface area contributed by atoms with Crippen molar-refractivity contribution in [1.29, 1.82) is 0 Å². The second kappa shape index (κ2) is 6.62. The van der Waals surface area contributed by atoms with Crippen molar-refractivity contribution in [3.8, 4) is 0 Å². The lowest BCUT2D eigenvalue weighted by Gasteiger charge is -2.13. The summed E-state index contributed by atoms with van der Waals surface area (Å²) < 4.78 is 0. The maximum atomic E-state index is 9.30. The molecule has 2 nitrogen and oxygen atoms in total. The fourth-order valence-electron chi connectivity index (χ4n) is 1.04. The monoisotopic (exact) mass is 159 g/mol. The van der Waals surface area contributed by atoms with Crippen LogP contribution in [0, 0.1) is 0 Å². The summed E-state index contributed by atoms with van der Waals surface area (Å²) in [5.74, 6) is 0. The van der Waals surface area contributed by atoms with E-state index in [4.69, 9.17) is 5.73 Å². The number of hydrogen-bond acceptors (Lipinski definition) is 2. The predicted molar refractivity (Wildman–Crippen MR) is 48.4 cm³/mol.